The van der Waals surface area contributed by atoms with E-state index in [9.17, 15) is 28.0 Å². The predicted octanol–water partition coefficient (Wildman–Crippen LogP) is 3.55. The number of azo groups is 1. The summed E-state index contributed by atoms with van der Waals surface area (Å²) in [7, 11) is -4.83. The molecular formula is C19H14N2O6S-2. The smallest absolute Gasteiger partial charge is 0.335 e. The van der Waals surface area contributed by atoms with Gasteiger partial charge in [0, 0.05) is 5.39 Å². The first-order chi connectivity index (χ1) is 13.1. The Hall–Kier alpha value is -3.30. The van der Waals surface area contributed by atoms with E-state index in [1.165, 1.54) is 18.2 Å². The highest BCUT2D eigenvalue weighted by Gasteiger charge is 2.14. The largest absolute Gasteiger partial charge is 0.870 e. The summed E-state index contributed by atoms with van der Waals surface area (Å²) in [4.78, 5) is 10.8. The molecule has 1 N–H and O–H groups in total. The highest BCUT2D eigenvalue weighted by atomic mass is 32.2. The lowest BCUT2D eigenvalue weighted by molar-refractivity contribution is -0.267. The van der Waals surface area contributed by atoms with Crippen LogP contribution in [0.15, 0.2) is 57.6 Å². The maximum atomic E-state index is 12.5. The fourth-order valence-corrected chi connectivity index (χ4v) is 3.40. The Bertz CT molecular complexity index is 1250. The molecule has 3 aromatic rings. The molecule has 0 atom stereocenters. The van der Waals surface area contributed by atoms with E-state index in [2.05, 4.69) is 10.2 Å². The first-order valence-electron chi connectivity index (χ1n) is 8.04. The Morgan fingerprint density at radius 1 is 1.04 bits per heavy atom. The quantitative estimate of drug-likeness (QED) is 0.526. The Balaban J connectivity index is 2.27. The van der Waals surface area contributed by atoms with E-state index in [-0.39, 0.29) is 11.4 Å². The normalized spacial score (nSPS) is 12.0. The fourth-order valence-electron chi connectivity index (χ4n) is 2.72. The van der Waals surface area contributed by atoms with Crippen molar-refractivity contribution in [3.63, 3.8) is 0 Å². The molecule has 0 aliphatic heterocycles. The van der Waals surface area contributed by atoms with Crippen LogP contribution in [0, 0.1) is 13.8 Å². The summed E-state index contributed by atoms with van der Waals surface area (Å²) in [6, 6.07) is 10.3. The third-order valence-corrected chi connectivity index (χ3v) is 5.17. The molecule has 0 fully saturated rings. The number of hydrogen-bond acceptors (Lipinski definition) is 7. The summed E-state index contributed by atoms with van der Waals surface area (Å²) in [5.41, 5.74) is 0.304. The van der Waals surface area contributed by atoms with Gasteiger partial charge >= 0.3 is 5.97 Å². The maximum absolute atomic E-state index is 12.5. The maximum Gasteiger partial charge on any atom is 0.335 e. The van der Waals surface area contributed by atoms with Crippen molar-refractivity contribution in [2.45, 2.75) is 18.7 Å². The molecule has 0 heterocycles. The summed E-state index contributed by atoms with van der Waals surface area (Å²) in [6.07, 6.45) is 0. The van der Waals surface area contributed by atoms with Crippen LogP contribution in [0.2, 0.25) is 0 Å². The van der Waals surface area contributed by atoms with Crippen molar-refractivity contribution in [3.05, 3.63) is 59.2 Å². The molecule has 144 valence electrons. The van der Waals surface area contributed by atoms with Crippen LogP contribution in [0.4, 0.5) is 11.4 Å². The Kier molecular flexibility index (Phi) is 4.88. The van der Waals surface area contributed by atoms with E-state index < -0.39 is 32.3 Å². The van der Waals surface area contributed by atoms with Gasteiger partial charge in [-0.15, -0.1) is 5.11 Å². The number of aromatic carboxylic acids is 1. The lowest BCUT2D eigenvalue weighted by atomic mass is 10.0. The van der Waals surface area contributed by atoms with Crippen LogP contribution in [0.25, 0.3) is 10.8 Å². The SMILES string of the molecule is Cc1cc(N=Nc2c([O-])c(C(=O)O)cc3ccccc23)c(S(=O)(=O)[O-])cc1C. The van der Waals surface area contributed by atoms with Crippen LogP contribution in [0.3, 0.4) is 0 Å². The van der Waals surface area contributed by atoms with Crippen molar-refractivity contribution in [1.29, 1.82) is 0 Å². The molecule has 0 bridgehead atoms. The van der Waals surface area contributed by atoms with Crippen molar-refractivity contribution < 1.29 is 28.0 Å². The number of carboxylic acid groups (broad SMARTS) is 1. The van der Waals surface area contributed by atoms with Crippen LogP contribution >= 0.6 is 0 Å². The monoisotopic (exact) mass is 398 g/mol. The number of carbonyl (C=O) groups is 1. The van der Waals surface area contributed by atoms with Crippen LogP contribution in [-0.4, -0.2) is 24.0 Å². The first-order valence-corrected chi connectivity index (χ1v) is 9.45. The second kappa shape index (κ2) is 7.02. The molecule has 0 aliphatic carbocycles. The molecule has 0 saturated heterocycles. The molecule has 8 nitrogen and oxygen atoms in total. The Labute approximate surface area is 160 Å². The average molecular weight is 398 g/mol. The van der Waals surface area contributed by atoms with Gasteiger partial charge in [-0.2, -0.15) is 5.11 Å². The number of fused-ring (bicyclic) bond motifs is 1. The van der Waals surface area contributed by atoms with Gasteiger partial charge in [0.25, 0.3) is 0 Å². The molecule has 0 unspecified atom stereocenters. The van der Waals surface area contributed by atoms with E-state index >= 15 is 0 Å². The van der Waals surface area contributed by atoms with Crippen LogP contribution in [0.5, 0.6) is 5.75 Å². The number of carboxylic acids is 1. The summed E-state index contributed by atoms with van der Waals surface area (Å²) in [5.74, 6) is -2.27. The summed E-state index contributed by atoms with van der Waals surface area (Å²) in [6.45, 7) is 3.35. The van der Waals surface area contributed by atoms with Gasteiger partial charge < -0.3 is 14.8 Å². The molecule has 28 heavy (non-hydrogen) atoms. The summed E-state index contributed by atoms with van der Waals surface area (Å²) >= 11 is 0. The highest BCUT2D eigenvalue weighted by Crippen LogP contribution is 2.38. The van der Waals surface area contributed by atoms with E-state index in [1.807, 2.05) is 0 Å². The molecular weight excluding hydrogens is 384 g/mol. The summed E-state index contributed by atoms with van der Waals surface area (Å²) in [5, 5.41) is 30.3. The second-order valence-corrected chi connectivity index (χ2v) is 7.53. The van der Waals surface area contributed by atoms with Crippen LogP contribution in [-0.2, 0) is 10.1 Å². The molecule has 3 rings (SSSR count). The lowest BCUT2D eigenvalue weighted by Crippen LogP contribution is -2.04. The lowest BCUT2D eigenvalue weighted by Gasteiger charge is -2.16. The third-order valence-electron chi connectivity index (χ3n) is 4.31. The van der Waals surface area contributed by atoms with E-state index in [0.29, 0.717) is 21.9 Å². The molecule has 0 radical (unpaired) electrons. The third kappa shape index (κ3) is 3.57. The zero-order valence-corrected chi connectivity index (χ0v) is 15.6. The minimum absolute atomic E-state index is 0.220. The molecule has 0 amide bonds. The molecule has 9 heteroatoms. The Morgan fingerprint density at radius 2 is 1.68 bits per heavy atom. The van der Waals surface area contributed by atoms with Gasteiger partial charge in [-0.05, 0) is 48.6 Å². The van der Waals surface area contributed by atoms with Crippen LogP contribution in [0.1, 0.15) is 21.5 Å². The molecule has 3 aromatic carbocycles. The minimum Gasteiger partial charge on any atom is -0.870 e. The van der Waals surface area contributed by atoms with Crippen LogP contribution < -0.4 is 5.11 Å². The van der Waals surface area contributed by atoms with E-state index in [4.69, 9.17) is 0 Å². The highest BCUT2D eigenvalue weighted by molar-refractivity contribution is 7.86. The summed E-state index contributed by atoms with van der Waals surface area (Å²) < 4.78 is 34.7. The van der Waals surface area contributed by atoms with Gasteiger partial charge in [-0.3, -0.25) is 0 Å². The minimum atomic E-state index is -4.83. The van der Waals surface area contributed by atoms with E-state index in [0.717, 1.165) is 0 Å². The topological polar surface area (TPSA) is 142 Å². The standard InChI is InChI=1S/C19H16N2O6S/c1-10-7-15(16(8-11(10)2)28(25,26)27)20-21-17-13-6-4-3-5-12(13)9-14(18(17)22)19(23)24/h3-9,22H,1-2H3,(H,23,24)(H,25,26,27)/p-2. The number of aryl methyl sites for hydroxylation is 2. The van der Waals surface area contributed by atoms with Crippen molar-refractivity contribution in [3.8, 4) is 5.75 Å². The fraction of sp³-hybridized carbons (Fsp3) is 0.105. The van der Waals surface area contributed by atoms with Gasteiger partial charge in [0.05, 0.1) is 16.1 Å². The molecule has 0 aromatic heterocycles. The van der Waals surface area contributed by atoms with Gasteiger partial charge in [-0.1, -0.05) is 30.0 Å². The van der Waals surface area contributed by atoms with Crippen molar-refractivity contribution in [1.82, 2.24) is 0 Å². The van der Waals surface area contributed by atoms with Crippen molar-refractivity contribution >= 4 is 38.2 Å². The zero-order valence-electron chi connectivity index (χ0n) is 14.8. The second-order valence-electron chi connectivity index (χ2n) is 6.19. The molecule has 0 aliphatic rings. The average Bonchev–Trinajstić information content (AvgIpc) is 2.61. The number of nitrogens with zero attached hydrogens (tertiary/aromatic N) is 2. The van der Waals surface area contributed by atoms with Gasteiger partial charge in [-0.25, -0.2) is 13.2 Å². The first kappa shape index (κ1) is 19.5. The Morgan fingerprint density at radius 3 is 2.32 bits per heavy atom. The number of rotatable bonds is 4. The van der Waals surface area contributed by atoms with E-state index in [1.54, 1.807) is 38.1 Å². The van der Waals surface area contributed by atoms with Gasteiger partial charge in [0.15, 0.2) is 0 Å². The number of benzene rings is 3. The van der Waals surface area contributed by atoms with Gasteiger partial charge in [0.1, 0.15) is 15.8 Å². The molecule has 0 spiro atoms. The molecule has 0 saturated carbocycles. The predicted molar refractivity (Wildman–Crippen MR) is 98.4 cm³/mol. The van der Waals surface area contributed by atoms with Crippen molar-refractivity contribution in [2.24, 2.45) is 10.2 Å². The van der Waals surface area contributed by atoms with Gasteiger partial charge in [0.2, 0.25) is 0 Å². The number of hydrogen-bond donors (Lipinski definition) is 1. The zero-order chi connectivity index (χ0) is 20.6. The van der Waals surface area contributed by atoms with Crippen molar-refractivity contribution in [2.75, 3.05) is 0 Å².